The highest BCUT2D eigenvalue weighted by Gasteiger charge is 2.28. The number of anilines is 1. The molecule has 1 aromatic heterocycles. The van der Waals surface area contributed by atoms with E-state index < -0.39 is 23.4 Å². The van der Waals surface area contributed by atoms with Crippen molar-refractivity contribution in [1.29, 1.82) is 0 Å². The number of methoxy groups -OCH3 is 1. The molecule has 2 aromatic rings. The van der Waals surface area contributed by atoms with Crippen molar-refractivity contribution in [2.45, 2.75) is 106 Å². The highest BCUT2D eigenvalue weighted by Crippen LogP contribution is 2.27. The Labute approximate surface area is 295 Å². The first kappa shape index (κ1) is 44.2. The molecule has 1 aromatic carbocycles. The van der Waals surface area contributed by atoms with Crippen LogP contribution in [0.15, 0.2) is 46.6 Å². The van der Waals surface area contributed by atoms with Gasteiger partial charge in [-0.05, 0) is 95.9 Å². The number of aliphatic imine (C=N–C) groups is 1. The van der Waals surface area contributed by atoms with Crippen LogP contribution in [0.5, 0.6) is 0 Å². The molecule has 0 saturated heterocycles. The maximum Gasteiger partial charge on any atom is 0.422 e. The van der Waals surface area contributed by atoms with E-state index in [0.29, 0.717) is 21.6 Å². The summed E-state index contributed by atoms with van der Waals surface area (Å²) in [6, 6.07) is 7.21. The number of benzene rings is 1. The van der Waals surface area contributed by atoms with E-state index in [0.717, 1.165) is 5.56 Å². The zero-order valence-electron chi connectivity index (χ0n) is 31.1. The van der Waals surface area contributed by atoms with Crippen LogP contribution in [0.3, 0.4) is 0 Å². The van der Waals surface area contributed by atoms with Gasteiger partial charge >= 0.3 is 12.2 Å². The minimum Gasteiger partial charge on any atom is -0.444 e. The van der Waals surface area contributed by atoms with Gasteiger partial charge in [0.1, 0.15) is 21.5 Å². The number of halogens is 1. The molecule has 13 heteroatoms. The summed E-state index contributed by atoms with van der Waals surface area (Å²) in [5.74, 6) is 0.0710. The molecule has 0 bridgehead atoms. The second-order valence-electron chi connectivity index (χ2n) is 13.4. The third-order valence-corrected chi connectivity index (χ3v) is 5.65. The van der Waals surface area contributed by atoms with Crippen molar-refractivity contribution < 1.29 is 33.3 Å². The van der Waals surface area contributed by atoms with Gasteiger partial charge in [0, 0.05) is 33.3 Å². The van der Waals surface area contributed by atoms with Crippen LogP contribution in [-0.4, -0.2) is 77.4 Å². The smallest absolute Gasteiger partial charge is 0.422 e. The molecule has 0 aliphatic heterocycles. The Balaban J connectivity index is 0.00000217. The van der Waals surface area contributed by atoms with Crippen LogP contribution in [-0.2, 0) is 30.3 Å². The Morgan fingerprint density at radius 1 is 0.938 bits per heavy atom. The molecule has 0 N–H and O–H groups in total. The second kappa shape index (κ2) is 19.9. The average molecular weight is 737 g/mol. The topological polar surface area (TPSA) is 133 Å². The lowest BCUT2D eigenvalue weighted by atomic mass is 10.1. The van der Waals surface area contributed by atoms with Gasteiger partial charge in [-0.2, -0.15) is 4.90 Å². The van der Waals surface area contributed by atoms with E-state index in [9.17, 15) is 14.4 Å². The molecule has 0 aliphatic carbocycles. The molecule has 0 radical (unpaired) electrons. The molecule has 0 fully saturated rings. The summed E-state index contributed by atoms with van der Waals surface area (Å²) in [5, 5.41) is 0. The highest BCUT2D eigenvalue weighted by atomic mass is 79.9. The van der Waals surface area contributed by atoms with Crippen molar-refractivity contribution >= 4 is 52.0 Å². The summed E-state index contributed by atoms with van der Waals surface area (Å²) in [7, 11) is 4.91. The van der Waals surface area contributed by atoms with Crippen LogP contribution in [0.25, 0.3) is 5.76 Å². The molecule has 0 saturated carbocycles. The number of aromatic nitrogens is 2. The molecule has 268 valence electrons. The SMILES string of the molecule is C=C(OC(=NC)c1ccc(CN(C)C(=O)OC(C)(C)C)cc1)c1nc(Br)cnc1N(C=O)C(=O)OC(C)(C)C.CCC.COC(C)(C)C. The number of rotatable bonds is 7. The summed E-state index contributed by atoms with van der Waals surface area (Å²) < 4.78 is 21.9. The van der Waals surface area contributed by atoms with Gasteiger partial charge in [0.2, 0.25) is 12.3 Å². The average Bonchev–Trinajstić information content (AvgIpc) is 2.96. The van der Waals surface area contributed by atoms with Gasteiger partial charge in [-0.25, -0.2) is 19.6 Å². The molecule has 0 aliphatic rings. The van der Waals surface area contributed by atoms with Crippen LogP contribution in [0.2, 0.25) is 0 Å². The summed E-state index contributed by atoms with van der Waals surface area (Å²) >= 11 is 3.24. The summed E-state index contributed by atoms with van der Waals surface area (Å²) in [4.78, 5) is 51.6. The number of carbonyl (C=O) groups excluding carboxylic acids is 3. The van der Waals surface area contributed by atoms with Crippen molar-refractivity contribution in [3.63, 3.8) is 0 Å². The Hall–Kier alpha value is -3.84. The van der Waals surface area contributed by atoms with Gasteiger partial charge < -0.3 is 23.8 Å². The minimum absolute atomic E-state index is 0.0106. The van der Waals surface area contributed by atoms with Crippen LogP contribution < -0.4 is 4.90 Å². The van der Waals surface area contributed by atoms with Crippen LogP contribution in [0, 0.1) is 0 Å². The van der Waals surface area contributed by atoms with E-state index in [4.69, 9.17) is 18.9 Å². The van der Waals surface area contributed by atoms with Crippen molar-refractivity contribution in [3.05, 3.63) is 58.5 Å². The number of ether oxygens (including phenoxy) is 4. The van der Waals surface area contributed by atoms with Crippen molar-refractivity contribution in [1.82, 2.24) is 14.9 Å². The Morgan fingerprint density at radius 3 is 1.83 bits per heavy atom. The van der Waals surface area contributed by atoms with Gasteiger partial charge in [0.25, 0.3) is 0 Å². The largest absolute Gasteiger partial charge is 0.444 e. The van der Waals surface area contributed by atoms with Crippen LogP contribution in [0.1, 0.15) is 99.4 Å². The number of imide groups is 1. The van der Waals surface area contributed by atoms with Gasteiger partial charge in [-0.15, -0.1) is 0 Å². The van der Waals surface area contributed by atoms with E-state index in [1.165, 1.54) is 17.5 Å². The maximum absolute atomic E-state index is 12.6. The van der Waals surface area contributed by atoms with Crippen molar-refractivity contribution in [2.75, 3.05) is 26.1 Å². The first-order chi connectivity index (χ1) is 22.0. The third-order valence-electron chi connectivity index (χ3n) is 5.27. The Kier molecular flexibility index (Phi) is 18.3. The summed E-state index contributed by atoms with van der Waals surface area (Å²) in [5.41, 5.74) is 0.117. The van der Waals surface area contributed by atoms with Crippen molar-refractivity contribution in [2.24, 2.45) is 4.99 Å². The van der Waals surface area contributed by atoms with E-state index in [1.807, 2.05) is 53.7 Å². The van der Waals surface area contributed by atoms with E-state index in [1.54, 1.807) is 54.1 Å². The first-order valence-electron chi connectivity index (χ1n) is 15.4. The minimum atomic E-state index is -0.931. The molecule has 0 unspecified atom stereocenters. The van der Waals surface area contributed by atoms with Crippen LogP contribution in [0.4, 0.5) is 15.4 Å². The fourth-order valence-corrected chi connectivity index (χ4v) is 3.32. The predicted molar refractivity (Wildman–Crippen MR) is 194 cm³/mol. The molecule has 3 amide bonds. The Bertz CT molecular complexity index is 1380. The van der Waals surface area contributed by atoms with Crippen molar-refractivity contribution in [3.8, 4) is 0 Å². The zero-order valence-corrected chi connectivity index (χ0v) is 32.6. The molecule has 48 heavy (non-hydrogen) atoms. The quantitative estimate of drug-likeness (QED) is 0.119. The summed E-state index contributed by atoms with van der Waals surface area (Å²) in [6.45, 7) is 25.0. The standard InChI is InChI=1S/C27H34BrN5O6.C5H12O.C3H8/c1-17(21-22(30-14-20(28)31-21)33(16-34)25(36)39-27(5,6)7)37-23(29-8)19-12-10-18(11-13-19)15-32(9)24(35)38-26(2,3)4;1-5(2,3)6-4;1-3-2/h10-14,16H,1,15H2,2-9H3;1-4H3;3H2,1-2H3. The fraction of sp³-hybridized carbons (Fsp3) is 0.543. The fourth-order valence-electron chi connectivity index (χ4n) is 3.04. The summed E-state index contributed by atoms with van der Waals surface area (Å²) in [6.07, 6.45) is 1.50. The second-order valence-corrected chi connectivity index (χ2v) is 14.2. The number of hydrogen-bond acceptors (Lipinski definition) is 10. The van der Waals surface area contributed by atoms with Gasteiger partial charge in [0.15, 0.2) is 11.6 Å². The molecular weight excluding hydrogens is 682 g/mol. The highest BCUT2D eigenvalue weighted by molar-refractivity contribution is 9.10. The number of carbonyl (C=O) groups is 3. The molecule has 2 rings (SSSR count). The van der Waals surface area contributed by atoms with E-state index >= 15 is 0 Å². The molecule has 0 spiro atoms. The molecular formula is C35H54BrN5O7. The lowest BCUT2D eigenvalue weighted by Crippen LogP contribution is -2.37. The maximum atomic E-state index is 12.6. The lowest BCUT2D eigenvalue weighted by Gasteiger charge is -2.24. The van der Waals surface area contributed by atoms with E-state index in [-0.39, 0.29) is 35.2 Å². The van der Waals surface area contributed by atoms with Gasteiger partial charge in [-0.3, -0.25) is 9.79 Å². The van der Waals surface area contributed by atoms with Crippen LogP contribution >= 0.6 is 15.9 Å². The number of hydrogen-bond donors (Lipinski definition) is 0. The van der Waals surface area contributed by atoms with Gasteiger partial charge in [0.05, 0.1) is 11.8 Å². The first-order valence-corrected chi connectivity index (χ1v) is 16.2. The normalized spacial score (nSPS) is 11.5. The van der Waals surface area contributed by atoms with Gasteiger partial charge in [-0.1, -0.05) is 39.0 Å². The monoisotopic (exact) mass is 735 g/mol. The zero-order chi connectivity index (χ0) is 37.5. The van der Waals surface area contributed by atoms with E-state index in [2.05, 4.69) is 51.3 Å². The molecule has 12 nitrogen and oxygen atoms in total. The lowest BCUT2D eigenvalue weighted by molar-refractivity contribution is -0.107. The molecule has 0 atom stereocenters. The predicted octanol–water partition coefficient (Wildman–Crippen LogP) is 8.42. The Morgan fingerprint density at radius 2 is 1.42 bits per heavy atom. The number of amides is 3. The molecule has 1 heterocycles. The number of nitrogens with zero attached hydrogens (tertiary/aromatic N) is 5. The third kappa shape index (κ3) is 17.4.